The molecule has 1 fully saturated rings. The van der Waals surface area contributed by atoms with Crippen molar-refractivity contribution in [2.24, 2.45) is 0 Å². The van der Waals surface area contributed by atoms with Gasteiger partial charge in [0.05, 0.1) is 36.5 Å². The maximum atomic E-state index is 13.1. The molecule has 0 aliphatic carbocycles. The van der Waals surface area contributed by atoms with Crippen LogP contribution in [-0.2, 0) is 21.4 Å². The molecule has 1 saturated heterocycles. The van der Waals surface area contributed by atoms with E-state index in [1.807, 2.05) is 36.4 Å². The van der Waals surface area contributed by atoms with Gasteiger partial charge in [0.25, 0.3) is 0 Å². The number of methoxy groups -OCH3 is 1. The number of nitrogens with zero attached hydrogens (tertiary/aromatic N) is 3. The minimum Gasteiger partial charge on any atom is -0.497 e. The lowest BCUT2D eigenvalue weighted by atomic mass is 10.1. The summed E-state index contributed by atoms with van der Waals surface area (Å²) in [5.41, 5.74) is 2.55. The third-order valence-electron chi connectivity index (χ3n) is 6.21. The second-order valence-corrected chi connectivity index (χ2v) is 10.8. The Balaban J connectivity index is 1.44. The van der Waals surface area contributed by atoms with Crippen molar-refractivity contribution in [3.8, 4) is 11.8 Å². The smallest absolute Gasteiger partial charge is 0.244 e. The van der Waals surface area contributed by atoms with Crippen LogP contribution in [-0.4, -0.2) is 57.5 Å². The molecule has 0 N–H and O–H groups in total. The van der Waals surface area contributed by atoms with Crippen LogP contribution in [0.1, 0.15) is 22.8 Å². The summed E-state index contributed by atoms with van der Waals surface area (Å²) >= 11 is 6.16. The number of halogens is 1. The van der Waals surface area contributed by atoms with Gasteiger partial charge in [-0.3, -0.25) is 4.90 Å². The molecule has 36 heavy (non-hydrogen) atoms. The van der Waals surface area contributed by atoms with Crippen LogP contribution in [0.2, 0.25) is 5.02 Å². The van der Waals surface area contributed by atoms with E-state index in [2.05, 4.69) is 11.0 Å². The highest BCUT2D eigenvalue weighted by Crippen LogP contribution is 2.27. The van der Waals surface area contributed by atoms with E-state index in [0.717, 1.165) is 16.9 Å². The number of benzene rings is 3. The lowest BCUT2D eigenvalue weighted by Crippen LogP contribution is -2.49. The zero-order chi connectivity index (χ0) is 25.5. The fraction of sp³-hybridized carbons (Fsp3) is 0.296. The minimum absolute atomic E-state index is 0.139. The summed E-state index contributed by atoms with van der Waals surface area (Å²) in [6.07, 6.45) is -0.248. The Morgan fingerprint density at radius 2 is 1.72 bits per heavy atom. The molecule has 1 heterocycles. The lowest BCUT2D eigenvalue weighted by Gasteiger charge is -2.36. The molecule has 1 atom stereocenters. The Morgan fingerprint density at radius 1 is 1.00 bits per heavy atom. The molecular formula is C27H28ClN3O4S. The zero-order valence-electron chi connectivity index (χ0n) is 20.0. The van der Waals surface area contributed by atoms with E-state index in [0.29, 0.717) is 44.9 Å². The van der Waals surface area contributed by atoms with Crippen LogP contribution in [0.4, 0.5) is 0 Å². The first kappa shape index (κ1) is 26.1. The highest BCUT2D eigenvalue weighted by atomic mass is 35.5. The van der Waals surface area contributed by atoms with Gasteiger partial charge in [0, 0.05) is 32.7 Å². The Labute approximate surface area is 217 Å². The molecule has 0 spiro atoms. The molecule has 0 saturated carbocycles. The van der Waals surface area contributed by atoms with Crippen molar-refractivity contribution in [2.75, 3.05) is 39.8 Å². The van der Waals surface area contributed by atoms with Gasteiger partial charge in [0.1, 0.15) is 10.6 Å². The molecular weight excluding hydrogens is 498 g/mol. The zero-order valence-corrected chi connectivity index (χ0v) is 21.6. The maximum Gasteiger partial charge on any atom is 0.244 e. The second kappa shape index (κ2) is 11.9. The third kappa shape index (κ3) is 6.25. The van der Waals surface area contributed by atoms with Crippen molar-refractivity contribution >= 4 is 21.6 Å². The number of sulfonamides is 1. The number of rotatable bonds is 9. The Kier molecular flexibility index (Phi) is 8.62. The summed E-state index contributed by atoms with van der Waals surface area (Å²) in [4.78, 5) is 2.35. The topological polar surface area (TPSA) is 82.9 Å². The van der Waals surface area contributed by atoms with E-state index in [9.17, 15) is 8.42 Å². The van der Waals surface area contributed by atoms with Crippen LogP contribution >= 0.6 is 11.6 Å². The van der Waals surface area contributed by atoms with Crippen molar-refractivity contribution in [1.29, 1.82) is 5.26 Å². The van der Waals surface area contributed by atoms with E-state index >= 15 is 0 Å². The van der Waals surface area contributed by atoms with Gasteiger partial charge in [-0.15, -0.1) is 0 Å². The number of piperazine rings is 1. The first-order valence-electron chi connectivity index (χ1n) is 11.6. The number of hydrogen-bond donors (Lipinski definition) is 0. The Hall–Kier alpha value is -2.93. The monoisotopic (exact) mass is 525 g/mol. The maximum absolute atomic E-state index is 13.1. The van der Waals surface area contributed by atoms with Crippen LogP contribution in [0.15, 0.2) is 77.7 Å². The fourth-order valence-electron chi connectivity index (χ4n) is 4.15. The van der Waals surface area contributed by atoms with E-state index in [-0.39, 0.29) is 16.0 Å². The van der Waals surface area contributed by atoms with E-state index in [1.54, 1.807) is 43.5 Å². The summed E-state index contributed by atoms with van der Waals surface area (Å²) in [6, 6.07) is 23.8. The van der Waals surface area contributed by atoms with Gasteiger partial charge in [-0.1, -0.05) is 48.0 Å². The van der Waals surface area contributed by atoms with Crippen molar-refractivity contribution in [1.82, 2.24) is 9.21 Å². The van der Waals surface area contributed by atoms with Crippen molar-refractivity contribution in [3.63, 3.8) is 0 Å². The van der Waals surface area contributed by atoms with Crippen LogP contribution in [0.3, 0.4) is 0 Å². The van der Waals surface area contributed by atoms with Crippen molar-refractivity contribution in [2.45, 2.75) is 17.6 Å². The van der Waals surface area contributed by atoms with E-state index in [4.69, 9.17) is 26.3 Å². The lowest BCUT2D eigenvalue weighted by molar-refractivity contribution is 0.00763. The Morgan fingerprint density at radius 3 is 2.39 bits per heavy atom. The van der Waals surface area contributed by atoms with Gasteiger partial charge < -0.3 is 9.47 Å². The third-order valence-corrected chi connectivity index (χ3v) is 8.61. The van der Waals surface area contributed by atoms with Crippen LogP contribution < -0.4 is 4.74 Å². The first-order chi connectivity index (χ1) is 17.4. The molecule has 0 bridgehead atoms. The molecule has 1 aliphatic rings. The summed E-state index contributed by atoms with van der Waals surface area (Å²) in [5.74, 6) is 0.745. The molecule has 0 aromatic heterocycles. The Bertz CT molecular complexity index is 1320. The van der Waals surface area contributed by atoms with Gasteiger partial charge in [0.2, 0.25) is 10.0 Å². The van der Waals surface area contributed by atoms with Gasteiger partial charge in [-0.05, 0) is 47.5 Å². The number of nitriles is 1. The molecule has 3 aromatic carbocycles. The highest BCUT2D eigenvalue weighted by molar-refractivity contribution is 7.89. The summed E-state index contributed by atoms with van der Waals surface area (Å²) in [5, 5.41) is 9.26. The predicted octanol–water partition coefficient (Wildman–Crippen LogP) is 4.48. The largest absolute Gasteiger partial charge is 0.497 e. The van der Waals surface area contributed by atoms with E-state index < -0.39 is 10.0 Å². The van der Waals surface area contributed by atoms with Crippen LogP contribution in [0.5, 0.6) is 5.75 Å². The quantitative estimate of drug-likeness (QED) is 0.409. The average molecular weight is 526 g/mol. The molecule has 4 rings (SSSR count). The van der Waals surface area contributed by atoms with E-state index in [1.165, 1.54) is 4.31 Å². The van der Waals surface area contributed by atoms with Gasteiger partial charge in [0.15, 0.2) is 0 Å². The second-order valence-electron chi connectivity index (χ2n) is 8.52. The van der Waals surface area contributed by atoms with Gasteiger partial charge in [-0.2, -0.15) is 9.57 Å². The summed E-state index contributed by atoms with van der Waals surface area (Å²) in [7, 11) is -2.02. The highest BCUT2D eigenvalue weighted by Gasteiger charge is 2.31. The molecule has 188 valence electrons. The molecule has 1 aliphatic heterocycles. The average Bonchev–Trinajstić information content (AvgIpc) is 2.91. The molecule has 3 aromatic rings. The predicted molar refractivity (Wildman–Crippen MR) is 138 cm³/mol. The fourth-order valence-corrected chi connectivity index (χ4v) is 6.06. The van der Waals surface area contributed by atoms with Crippen LogP contribution in [0, 0.1) is 11.3 Å². The van der Waals surface area contributed by atoms with Crippen LogP contribution in [0.25, 0.3) is 0 Å². The molecule has 1 unspecified atom stereocenters. The standard InChI is InChI=1S/C27H28ClN3O4S/c1-34-24-6-4-5-23(17-24)26(35-20-22-11-9-21(18-29)10-12-22)19-30-13-15-31(16-14-30)36(32,33)27-8-3-2-7-25(27)28/h2-12,17,26H,13-16,19-20H2,1H3. The SMILES string of the molecule is COc1cccc(C(CN2CCN(S(=O)(=O)c3ccccc3Cl)CC2)OCc2ccc(C#N)cc2)c1. The number of ether oxygens (including phenoxy) is 2. The van der Waals surface area contributed by atoms with Gasteiger partial charge in [-0.25, -0.2) is 8.42 Å². The molecule has 0 radical (unpaired) electrons. The first-order valence-corrected chi connectivity index (χ1v) is 13.4. The molecule has 9 heteroatoms. The number of hydrogen-bond acceptors (Lipinski definition) is 6. The normalized spacial score (nSPS) is 15.8. The molecule has 7 nitrogen and oxygen atoms in total. The summed E-state index contributed by atoms with van der Waals surface area (Å²) < 4.78 is 39.4. The molecule has 0 amide bonds. The minimum atomic E-state index is -3.65. The van der Waals surface area contributed by atoms with Crippen molar-refractivity contribution in [3.05, 3.63) is 94.5 Å². The van der Waals surface area contributed by atoms with Gasteiger partial charge >= 0.3 is 0 Å². The van der Waals surface area contributed by atoms with Crippen molar-refractivity contribution < 1.29 is 17.9 Å². The summed E-state index contributed by atoms with van der Waals surface area (Å²) in [6.45, 7) is 2.87.